The van der Waals surface area contributed by atoms with E-state index in [4.69, 9.17) is 0 Å². The lowest BCUT2D eigenvalue weighted by atomic mass is 9.80. The molecule has 2 aliphatic rings. The van der Waals surface area contributed by atoms with Crippen molar-refractivity contribution in [3.05, 3.63) is 53.3 Å². The van der Waals surface area contributed by atoms with E-state index in [0.29, 0.717) is 31.5 Å². The number of carbonyl (C=O) groups is 3. The molecule has 2 heterocycles. The molecule has 2 aromatic rings. The molecule has 1 aliphatic carbocycles. The van der Waals surface area contributed by atoms with E-state index >= 15 is 0 Å². The van der Waals surface area contributed by atoms with Crippen molar-refractivity contribution in [3.63, 3.8) is 0 Å². The fraction of sp³-hybridized carbons (Fsp3) is 0.400. The first-order valence-corrected chi connectivity index (χ1v) is 11.4. The number of fused-ring (bicyclic) bond motifs is 1. The molecular weight excluding hydrogens is 434 g/mol. The predicted molar refractivity (Wildman–Crippen MR) is 124 cm³/mol. The van der Waals surface area contributed by atoms with Crippen LogP contribution in [0.4, 0.5) is 4.79 Å². The summed E-state index contributed by atoms with van der Waals surface area (Å²) < 4.78 is 0. The Hall–Kier alpha value is -3.93. The second-order valence-electron chi connectivity index (χ2n) is 9.02. The van der Waals surface area contributed by atoms with Crippen molar-refractivity contribution in [3.8, 4) is 17.2 Å². The van der Waals surface area contributed by atoms with Crippen LogP contribution in [0.2, 0.25) is 0 Å². The minimum atomic E-state index is -1.24. The van der Waals surface area contributed by atoms with Crippen LogP contribution in [0.3, 0.4) is 0 Å². The maximum absolute atomic E-state index is 13.0. The summed E-state index contributed by atoms with van der Waals surface area (Å²) in [6.07, 6.45) is 4.07. The molecule has 0 spiro atoms. The number of carbonyl (C=O) groups excluding carboxylic acids is 2. The van der Waals surface area contributed by atoms with Crippen LogP contribution in [0.5, 0.6) is 0 Å². The summed E-state index contributed by atoms with van der Waals surface area (Å²) in [6.45, 7) is 0.537. The maximum Gasteiger partial charge on any atom is 0.405 e. The van der Waals surface area contributed by atoms with Crippen molar-refractivity contribution in [2.75, 3.05) is 7.05 Å². The molecule has 34 heavy (non-hydrogen) atoms. The monoisotopic (exact) mass is 461 g/mol. The van der Waals surface area contributed by atoms with Gasteiger partial charge in [-0.1, -0.05) is 43.5 Å². The molecule has 0 saturated heterocycles. The standard InChI is InChI=1S/C25H27N5O4/c1-30-15-19-12-18(14-27-21(19)22(30)31)17-7-5-16(6-8-17)11-20(13-26)28-23(32)25(29-24(33)34)9-3-2-4-10-25/h5-8,12,14,20,29H,2-4,9-11,15H2,1H3,(H,28,32)(H,33,34). The maximum atomic E-state index is 13.0. The molecule has 3 N–H and O–H groups in total. The van der Waals surface area contributed by atoms with Crippen LogP contribution in [-0.4, -0.2) is 51.5 Å². The Morgan fingerprint density at radius 1 is 1.21 bits per heavy atom. The number of pyridine rings is 1. The SMILES string of the molecule is CN1Cc2cc(-c3ccc(CC(C#N)NC(=O)C4(NC(=O)O)CCCCC4)cc3)cnc2C1=O. The Balaban J connectivity index is 1.44. The van der Waals surface area contributed by atoms with Gasteiger partial charge in [0.15, 0.2) is 0 Å². The molecular formula is C25H27N5O4. The van der Waals surface area contributed by atoms with Gasteiger partial charge in [0.2, 0.25) is 5.91 Å². The van der Waals surface area contributed by atoms with Crippen molar-refractivity contribution >= 4 is 17.9 Å². The zero-order valence-electron chi connectivity index (χ0n) is 19.0. The van der Waals surface area contributed by atoms with E-state index in [2.05, 4.69) is 21.7 Å². The molecule has 1 aliphatic heterocycles. The number of nitriles is 1. The molecule has 9 nitrogen and oxygen atoms in total. The van der Waals surface area contributed by atoms with Gasteiger partial charge in [0.05, 0.1) is 6.07 Å². The van der Waals surface area contributed by atoms with Gasteiger partial charge in [-0.05, 0) is 30.0 Å². The number of amides is 3. The highest BCUT2D eigenvalue weighted by atomic mass is 16.4. The number of rotatable bonds is 6. The summed E-state index contributed by atoms with van der Waals surface area (Å²) in [6, 6.07) is 10.9. The van der Waals surface area contributed by atoms with Gasteiger partial charge in [-0.2, -0.15) is 5.26 Å². The quantitative estimate of drug-likeness (QED) is 0.605. The van der Waals surface area contributed by atoms with Crippen LogP contribution in [0.25, 0.3) is 11.1 Å². The van der Waals surface area contributed by atoms with Crippen LogP contribution in [0, 0.1) is 11.3 Å². The van der Waals surface area contributed by atoms with E-state index in [1.165, 1.54) is 0 Å². The number of nitrogens with zero attached hydrogens (tertiary/aromatic N) is 3. The highest BCUT2D eigenvalue weighted by molar-refractivity contribution is 5.96. The largest absolute Gasteiger partial charge is 0.465 e. The number of carboxylic acid groups (broad SMARTS) is 1. The molecule has 1 atom stereocenters. The minimum absolute atomic E-state index is 0.0740. The van der Waals surface area contributed by atoms with Gasteiger partial charge in [-0.3, -0.25) is 14.6 Å². The van der Waals surface area contributed by atoms with E-state index in [9.17, 15) is 24.8 Å². The molecule has 1 saturated carbocycles. The summed E-state index contributed by atoms with van der Waals surface area (Å²) in [5.41, 5.74) is 2.90. The van der Waals surface area contributed by atoms with Crippen LogP contribution in [0.15, 0.2) is 36.5 Å². The first-order valence-electron chi connectivity index (χ1n) is 11.4. The Morgan fingerprint density at radius 2 is 1.91 bits per heavy atom. The van der Waals surface area contributed by atoms with E-state index < -0.39 is 23.6 Å². The highest BCUT2D eigenvalue weighted by Gasteiger charge is 2.41. The lowest BCUT2D eigenvalue weighted by molar-refractivity contribution is -0.129. The highest BCUT2D eigenvalue weighted by Crippen LogP contribution is 2.29. The van der Waals surface area contributed by atoms with Crippen LogP contribution >= 0.6 is 0 Å². The minimum Gasteiger partial charge on any atom is -0.465 e. The first kappa shape index (κ1) is 23.2. The summed E-state index contributed by atoms with van der Waals surface area (Å²) in [4.78, 5) is 42.3. The Labute approximate surface area is 197 Å². The molecule has 176 valence electrons. The lowest BCUT2D eigenvalue weighted by Gasteiger charge is -2.36. The Bertz CT molecular complexity index is 1150. The van der Waals surface area contributed by atoms with E-state index in [0.717, 1.165) is 41.5 Å². The number of aromatic nitrogens is 1. The number of hydrogen-bond donors (Lipinski definition) is 3. The normalized spacial score (nSPS) is 17.4. The van der Waals surface area contributed by atoms with Gasteiger partial charge in [0, 0.05) is 37.3 Å². The molecule has 0 radical (unpaired) electrons. The predicted octanol–water partition coefficient (Wildman–Crippen LogP) is 2.86. The summed E-state index contributed by atoms with van der Waals surface area (Å²) in [5, 5.41) is 24.0. The molecule has 1 fully saturated rings. The fourth-order valence-electron chi connectivity index (χ4n) is 4.75. The summed E-state index contributed by atoms with van der Waals surface area (Å²) in [5.74, 6) is -0.517. The summed E-state index contributed by atoms with van der Waals surface area (Å²) in [7, 11) is 1.75. The Kier molecular flexibility index (Phi) is 6.50. The van der Waals surface area contributed by atoms with Crippen molar-refractivity contribution in [2.24, 2.45) is 0 Å². The topological polar surface area (TPSA) is 135 Å². The van der Waals surface area contributed by atoms with Gasteiger partial charge >= 0.3 is 6.09 Å². The second-order valence-corrected chi connectivity index (χ2v) is 9.02. The van der Waals surface area contributed by atoms with E-state index in [-0.39, 0.29) is 5.91 Å². The Morgan fingerprint density at radius 3 is 2.56 bits per heavy atom. The zero-order valence-corrected chi connectivity index (χ0v) is 19.0. The number of benzene rings is 1. The van der Waals surface area contributed by atoms with Crippen molar-refractivity contribution in [1.82, 2.24) is 20.5 Å². The van der Waals surface area contributed by atoms with Gasteiger partial charge in [-0.25, -0.2) is 4.79 Å². The average Bonchev–Trinajstić information content (AvgIpc) is 3.11. The van der Waals surface area contributed by atoms with E-state index in [1.54, 1.807) is 18.1 Å². The molecule has 3 amide bonds. The third kappa shape index (κ3) is 4.71. The van der Waals surface area contributed by atoms with Gasteiger partial charge in [0.1, 0.15) is 17.3 Å². The van der Waals surface area contributed by atoms with Gasteiger partial charge in [-0.15, -0.1) is 0 Å². The molecule has 1 unspecified atom stereocenters. The van der Waals surface area contributed by atoms with Crippen LogP contribution in [-0.2, 0) is 17.8 Å². The lowest BCUT2D eigenvalue weighted by Crippen LogP contribution is -2.61. The molecule has 0 bridgehead atoms. The molecule has 9 heteroatoms. The van der Waals surface area contributed by atoms with Crippen molar-refractivity contribution in [1.29, 1.82) is 5.26 Å². The number of hydrogen-bond acceptors (Lipinski definition) is 5. The average molecular weight is 462 g/mol. The molecule has 4 rings (SSSR count). The molecule has 1 aromatic carbocycles. The second kappa shape index (κ2) is 9.51. The smallest absolute Gasteiger partial charge is 0.405 e. The van der Waals surface area contributed by atoms with Crippen LogP contribution in [0.1, 0.15) is 53.7 Å². The molecule has 1 aromatic heterocycles. The van der Waals surface area contributed by atoms with Crippen molar-refractivity contribution < 1.29 is 19.5 Å². The van der Waals surface area contributed by atoms with Crippen LogP contribution < -0.4 is 10.6 Å². The van der Waals surface area contributed by atoms with E-state index in [1.807, 2.05) is 30.3 Å². The zero-order chi connectivity index (χ0) is 24.3. The third-order valence-electron chi connectivity index (χ3n) is 6.60. The summed E-state index contributed by atoms with van der Waals surface area (Å²) >= 11 is 0. The van der Waals surface area contributed by atoms with Gasteiger partial charge < -0.3 is 20.6 Å². The van der Waals surface area contributed by atoms with Gasteiger partial charge in [0.25, 0.3) is 5.91 Å². The third-order valence-corrected chi connectivity index (χ3v) is 6.60. The number of nitrogens with one attached hydrogen (secondary N) is 2. The fourth-order valence-corrected chi connectivity index (χ4v) is 4.75. The first-order chi connectivity index (χ1) is 16.3. The van der Waals surface area contributed by atoms with Crippen molar-refractivity contribution in [2.45, 2.75) is 56.7 Å².